The summed E-state index contributed by atoms with van der Waals surface area (Å²) in [6.45, 7) is 3.97. The fourth-order valence-corrected chi connectivity index (χ4v) is 3.03. The van der Waals surface area contributed by atoms with Gasteiger partial charge in [-0.25, -0.2) is 0 Å². The average molecular weight is 380 g/mol. The van der Waals surface area contributed by atoms with Crippen LogP contribution in [0.4, 0.5) is 13.2 Å². The topological polar surface area (TPSA) is 46.5 Å². The molecule has 0 spiro atoms. The number of carbonyl (C=O) groups is 1. The van der Waals surface area contributed by atoms with Crippen molar-refractivity contribution in [3.05, 3.63) is 53.6 Å². The Morgan fingerprint density at radius 1 is 1.07 bits per heavy atom. The number of hydrogen-bond donors (Lipinski definition) is 1. The number of halogens is 3. The second-order valence-corrected chi connectivity index (χ2v) is 7.01. The largest absolute Gasteiger partial charge is 0.508 e. The Morgan fingerprint density at radius 2 is 1.70 bits per heavy atom. The summed E-state index contributed by atoms with van der Waals surface area (Å²) in [5, 5.41) is 10.1. The molecule has 3 nitrogen and oxygen atoms in total. The van der Waals surface area contributed by atoms with Gasteiger partial charge in [-0.3, -0.25) is 4.79 Å². The van der Waals surface area contributed by atoms with Crippen molar-refractivity contribution in [3.8, 4) is 16.9 Å². The van der Waals surface area contributed by atoms with Gasteiger partial charge in [-0.05, 0) is 46.7 Å². The number of phenols is 1. The predicted octanol–water partition coefficient (Wildman–Crippen LogP) is 5.47. The highest BCUT2D eigenvalue weighted by Crippen LogP contribution is 2.33. The number of ether oxygens (including phenoxy) is 1. The summed E-state index contributed by atoms with van der Waals surface area (Å²) in [6.07, 6.45) is -4.69. The highest BCUT2D eigenvalue weighted by molar-refractivity contribution is 5.79. The summed E-state index contributed by atoms with van der Waals surface area (Å²) in [5.74, 6) is -0.688. The number of hydrogen-bond acceptors (Lipinski definition) is 3. The zero-order chi connectivity index (χ0) is 20.2. The fraction of sp³-hybridized carbons (Fsp3) is 0.381. The van der Waals surface area contributed by atoms with Gasteiger partial charge in [0, 0.05) is 0 Å². The van der Waals surface area contributed by atoms with Crippen LogP contribution in [0.5, 0.6) is 5.75 Å². The highest BCUT2D eigenvalue weighted by Gasteiger charge is 2.27. The molecule has 0 aliphatic carbocycles. The summed E-state index contributed by atoms with van der Waals surface area (Å²) in [4.78, 5) is 12.2. The second-order valence-electron chi connectivity index (χ2n) is 7.01. The number of rotatable bonds is 6. The lowest BCUT2D eigenvalue weighted by atomic mass is 9.88. The minimum Gasteiger partial charge on any atom is -0.508 e. The van der Waals surface area contributed by atoms with E-state index in [0.29, 0.717) is 23.1 Å². The van der Waals surface area contributed by atoms with E-state index in [9.17, 15) is 23.1 Å². The van der Waals surface area contributed by atoms with Gasteiger partial charge in [0.2, 0.25) is 0 Å². The number of aromatic hydroxyl groups is 1. The molecule has 0 radical (unpaired) electrons. The molecule has 1 N–H and O–H groups in total. The van der Waals surface area contributed by atoms with Crippen molar-refractivity contribution >= 4 is 5.97 Å². The molecule has 1 unspecified atom stereocenters. The van der Waals surface area contributed by atoms with Gasteiger partial charge in [0.1, 0.15) is 5.75 Å². The van der Waals surface area contributed by atoms with E-state index in [1.807, 2.05) is 13.8 Å². The summed E-state index contributed by atoms with van der Waals surface area (Å²) in [7, 11) is 1.32. The molecule has 146 valence electrons. The lowest BCUT2D eigenvalue weighted by Gasteiger charge is -2.18. The van der Waals surface area contributed by atoms with Crippen molar-refractivity contribution in [2.24, 2.45) is 5.92 Å². The van der Waals surface area contributed by atoms with Crippen molar-refractivity contribution in [2.45, 2.75) is 38.8 Å². The molecule has 2 aromatic rings. The van der Waals surface area contributed by atoms with E-state index in [-0.39, 0.29) is 23.2 Å². The molecule has 0 aliphatic rings. The van der Waals surface area contributed by atoms with E-state index in [0.717, 1.165) is 0 Å². The number of benzene rings is 2. The van der Waals surface area contributed by atoms with Crippen LogP contribution in [0.1, 0.15) is 37.3 Å². The molecule has 0 aliphatic heterocycles. The second kappa shape index (κ2) is 8.46. The van der Waals surface area contributed by atoms with Crippen molar-refractivity contribution < 1.29 is 27.8 Å². The van der Waals surface area contributed by atoms with Crippen LogP contribution in [0, 0.1) is 5.92 Å². The standard InChI is InChI=1S/C21H23F3O3/c1-13(2)8-19(20(26)27-3)17-9-16(10-18(25)11-17)15-6-4-14(5-7-15)12-21(22,23)24/h4-7,9-11,13,19,25H,8,12H2,1-3H3. The summed E-state index contributed by atoms with van der Waals surface area (Å²) < 4.78 is 42.4. The Balaban J connectivity index is 2.37. The molecule has 2 aromatic carbocycles. The number of alkyl halides is 3. The van der Waals surface area contributed by atoms with E-state index in [4.69, 9.17) is 4.74 Å². The van der Waals surface area contributed by atoms with Crippen molar-refractivity contribution in [1.82, 2.24) is 0 Å². The monoisotopic (exact) mass is 380 g/mol. The molecule has 0 amide bonds. The Kier molecular flexibility index (Phi) is 6.52. The third-order valence-electron chi connectivity index (χ3n) is 4.23. The molecule has 0 fully saturated rings. The van der Waals surface area contributed by atoms with Crippen LogP contribution in [-0.4, -0.2) is 24.4 Å². The quantitative estimate of drug-likeness (QED) is 0.676. The highest BCUT2D eigenvalue weighted by atomic mass is 19.4. The summed E-state index contributed by atoms with van der Waals surface area (Å²) >= 11 is 0. The zero-order valence-corrected chi connectivity index (χ0v) is 15.5. The first-order chi connectivity index (χ1) is 12.6. The third kappa shape index (κ3) is 6.01. The fourth-order valence-electron chi connectivity index (χ4n) is 3.03. The van der Waals surface area contributed by atoms with E-state index < -0.39 is 18.5 Å². The van der Waals surface area contributed by atoms with Crippen LogP contribution in [0.15, 0.2) is 42.5 Å². The smallest absolute Gasteiger partial charge is 0.393 e. The third-order valence-corrected chi connectivity index (χ3v) is 4.23. The van der Waals surface area contributed by atoms with Crippen molar-refractivity contribution in [2.75, 3.05) is 7.11 Å². The number of phenolic OH excluding ortho intramolecular Hbond substituents is 1. The Labute approximate surface area is 156 Å². The van der Waals surface area contributed by atoms with Gasteiger partial charge in [0.15, 0.2) is 0 Å². The zero-order valence-electron chi connectivity index (χ0n) is 15.5. The molecule has 6 heteroatoms. The van der Waals surface area contributed by atoms with Gasteiger partial charge >= 0.3 is 12.1 Å². The minimum absolute atomic E-state index is 0.0143. The van der Waals surface area contributed by atoms with E-state index in [2.05, 4.69) is 0 Å². The van der Waals surface area contributed by atoms with Gasteiger partial charge in [-0.1, -0.05) is 44.2 Å². The van der Waals surface area contributed by atoms with Crippen LogP contribution < -0.4 is 0 Å². The molecule has 0 aromatic heterocycles. The molecular weight excluding hydrogens is 357 g/mol. The first-order valence-corrected chi connectivity index (χ1v) is 8.67. The Morgan fingerprint density at radius 3 is 2.22 bits per heavy atom. The number of methoxy groups -OCH3 is 1. The molecule has 1 atom stereocenters. The summed E-state index contributed by atoms with van der Waals surface area (Å²) in [5.41, 5.74) is 2.07. The van der Waals surface area contributed by atoms with E-state index in [1.54, 1.807) is 18.2 Å². The van der Waals surface area contributed by atoms with Crippen LogP contribution in [-0.2, 0) is 16.0 Å². The molecule has 0 saturated carbocycles. The van der Waals surface area contributed by atoms with E-state index >= 15 is 0 Å². The van der Waals surface area contributed by atoms with Gasteiger partial charge < -0.3 is 9.84 Å². The van der Waals surface area contributed by atoms with Gasteiger partial charge in [-0.15, -0.1) is 0 Å². The first kappa shape index (κ1) is 20.8. The SMILES string of the molecule is COC(=O)C(CC(C)C)c1cc(O)cc(-c2ccc(CC(F)(F)F)cc2)c1. The molecule has 2 rings (SSSR count). The van der Waals surface area contributed by atoms with Gasteiger partial charge in [-0.2, -0.15) is 13.2 Å². The Hall–Kier alpha value is -2.50. The molecule has 0 bridgehead atoms. The van der Waals surface area contributed by atoms with Gasteiger partial charge in [0.05, 0.1) is 19.4 Å². The van der Waals surface area contributed by atoms with Crippen molar-refractivity contribution in [1.29, 1.82) is 0 Å². The maximum Gasteiger partial charge on any atom is 0.393 e. The molecule has 27 heavy (non-hydrogen) atoms. The summed E-state index contributed by atoms with van der Waals surface area (Å²) in [6, 6.07) is 10.8. The first-order valence-electron chi connectivity index (χ1n) is 8.67. The average Bonchev–Trinajstić information content (AvgIpc) is 2.57. The van der Waals surface area contributed by atoms with E-state index in [1.165, 1.54) is 31.4 Å². The van der Waals surface area contributed by atoms with Crippen molar-refractivity contribution in [3.63, 3.8) is 0 Å². The number of esters is 1. The number of carbonyl (C=O) groups excluding carboxylic acids is 1. The Bertz CT molecular complexity index is 780. The van der Waals surface area contributed by atoms with Crippen LogP contribution in [0.2, 0.25) is 0 Å². The normalized spacial score (nSPS) is 12.9. The van der Waals surface area contributed by atoms with Crippen LogP contribution in [0.3, 0.4) is 0 Å². The van der Waals surface area contributed by atoms with Crippen LogP contribution in [0.25, 0.3) is 11.1 Å². The lowest BCUT2D eigenvalue weighted by molar-refractivity contribution is -0.142. The molecule has 0 heterocycles. The maximum atomic E-state index is 12.5. The minimum atomic E-state index is -4.26. The van der Waals surface area contributed by atoms with Crippen LogP contribution >= 0.6 is 0 Å². The lowest BCUT2D eigenvalue weighted by Crippen LogP contribution is -2.16. The predicted molar refractivity (Wildman–Crippen MR) is 97.5 cm³/mol. The molecular formula is C21H23F3O3. The maximum absolute atomic E-state index is 12.5. The van der Waals surface area contributed by atoms with Gasteiger partial charge in [0.25, 0.3) is 0 Å². The molecule has 0 saturated heterocycles.